The van der Waals surface area contributed by atoms with Crippen molar-refractivity contribution in [1.82, 2.24) is 4.72 Å². The van der Waals surface area contributed by atoms with Crippen molar-refractivity contribution in [2.45, 2.75) is 11.3 Å². The number of amides is 1. The molecule has 6 nitrogen and oxygen atoms in total. The zero-order chi connectivity index (χ0) is 20.4. The Balaban J connectivity index is 1.39. The lowest BCUT2D eigenvalue weighted by atomic mass is 10.1. The molecule has 0 unspecified atom stereocenters. The van der Waals surface area contributed by atoms with Crippen LogP contribution in [0.1, 0.15) is 11.1 Å². The first kappa shape index (κ1) is 19.2. The molecule has 1 aliphatic carbocycles. The molecule has 0 aliphatic heterocycles. The summed E-state index contributed by atoms with van der Waals surface area (Å²) in [5.74, 6) is 0.123. The number of nitrogens with one attached hydrogen (secondary N) is 2. The van der Waals surface area contributed by atoms with Gasteiger partial charge >= 0.3 is 0 Å². The fourth-order valence-electron chi connectivity index (χ4n) is 3.43. The van der Waals surface area contributed by atoms with Gasteiger partial charge in [-0.2, -0.15) is 0 Å². The van der Waals surface area contributed by atoms with E-state index in [0.29, 0.717) is 11.4 Å². The maximum absolute atomic E-state index is 12.3. The summed E-state index contributed by atoms with van der Waals surface area (Å²) in [6, 6.07) is 19.9. The number of hydrogen-bond donors (Lipinski definition) is 2. The summed E-state index contributed by atoms with van der Waals surface area (Å²) in [5, 5.41) is 2.75. The van der Waals surface area contributed by atoms with E-state index in [-0.39, 0.29) is 11.4 Å². The molecule has 0 spiro atoms. The first-order valence-electron chi connectivity index (χ1n) is 9.11. The lowest BCUT2D eigenvalue weighted by Crippen LogP contribution is -2.32. The Morgan fingerprint density at radius 2 is 1.69 bits per heavy atom. The monoisotopic (exact) mass is 408 g/mol. The van der Waals surface area contributed by atoms with Crippen molar-refractivity contribution < 1.29 is 17.9 Å². The van der Waals surface area contributed by atoms with E-state index < -0.39 is 15.9 Å². The van der Waals surface area contributed by atoms with Crippen LogP contribution in [0.3, 0.4) is 0 Å². The highest BCUT2D eigenvalue weighted by Crippen LogP contribution is 2.37. The number of rotatable bonds is 6. The molecule has 29 heavy (non-hydrogen) atoms. The van der Waals surface area contributed by atoms with Crippen LogP contribution in [0.2, 0.25) is 0 Å². The number of hydrogen-bond acceptors (Lipinski definition) is 4. The number of carbonyl (C=O) groups is 1. The van der Waals surface area contributed by atoms with E-state index in [1.807, 2.05) is 30.3 Å². The first-order chi connectivity index (χ1) is 14.0. The van der Waals surface area contributed by atoms with Gasteiger partial charge in [-0.3, -0.25) is 4.79 Å². The molecule has 0 radical (unpaired) electrons. The zero-order valence-electron chi connectivity index (χ0n) is 15.8. The second-order valence-electron chi connectivity index (χ2n) is 6.75. The Morgan fingerprint density at radius 1 is 0.966 bits per heavy atom. The van der Waals surface area contributed by atoms with Gasteiger partial charge in [-0.05, 0) is 65.1 Å². The topological polar surface area (TPSA) is 84.5 Å². The van der Waals surface area contributed by atoms with Gasteiger partial charge in [-0.1, -0.05) is 30.3 Å². The van der Waals surface area contributed by atoms with Gasteiger partial charge in [0.05, 0.1) is 18.6 Å². The molecule has 7 heteroatoms. The summed E-state index contributed by atoms with van der Waals surface area (Å²) in [6.07, 6.45) is 0.819. The molecule has 0 saturated heterocycles. The van der Waals surface area contributed by atoms with E-state index >= 15 is 0 Å². The van der Waals surface area contributed by atoms with Crippen LogP contribution in [0.4, 0.5) is 5.69 Å². The molecule has 1 amide bonds. The molecule has 3 aromatic carbocycles. The number of fused-ring (bicyclic) bond motifs is 3. The third-order valence-corrected chi connectivity index (χ3v) is 6.29. The predicted molar refractivity (Wildman–Crippen MR) is 111 cm³/mol. The minimum atomic E-state index is -3.78. The highest BCUT2D eigenvalue weighted by Gasteiger charge is 2.19. The Hall–Kier alpha value is -3.16. The second kappa shape index (κ2) is 7.69. The minimum absolute atomic E-state index is 0.0707. The summed E-state index contributed by atoms with van der Waals surface area (Å²) in [6.45, 7) is -0.355. The van der Waals surface area contributed by atoms with Gasteiger partial charge in [-0.25, -0.2) is 13.1 Å². The quantitative estimate of drug-likeness (QED) is 0.513. The van der Waals surface area contributed by atoms with Crippen LogP contribution in [0.25, 0.3) is 11.1 Å². The van der Waals surface area contributed by atoms with Crippen molar-refractivity contribution in [2.24, 2.45) is 0 Å². The number of carbonyl (C=O) groups excluding carboxylic acids is 1. The van der Waals surface area contributed by atoms with Gasteiger partial charge in [0.25, 0.3) is 0 Å². The summed E-state index contributed by atoms with van der Waals surface area (Å²) in [7, 11) is -2.28. The maximum Gasteiger partial charge on any atom is 0.241 e. The Labute approximate surface area is 169 Å². The molecule has 0 bridgehead atoms. The highest BCUT2D eigenvalue weighted by atomic mass is 32.2. The molecule has 0 aromatic heterocycles. The van der Waals surface area contributed by atoms with Crippen molar-refractivity contribution in [3.05, 3.63) is 77.9 Å². The van der Waals surface area contributed by atoms with Crippen molar-refractivity contribution in [3.8, 4) is 16.9 Å². The minimum Gasteiger partial charge on any atom is -0.497 e. The fraction of sp³-hybridized carbons (Fsp3) is 0.136. The molecule has 3 aromatic rings. The third-order valence-electron chi connectivity index (χ3n) is 4.87. The van der Waals surface area contributed by atoms with Crippen LogP contribution in [0.15, 0.2) is 71.6 Å². The fourth-order valence-corrected chi connectivity index (χ4v) is 4.41. The highest BCUT2D eigenvalue weighted by molar-refractivity contribution is 7.89. The second-order valence-corrected chi connectivity index (χ2v) is 8.52. The molecule has 0 saturated carbocycles. The molecule has 0 fully saturated rings. The molecule has 2 N–H and O–H groups in total. The molecule has 0 atom stereocenters. The van der Waals surface area contributed by atoms with Crippen LogP contribution in [0.5, 0.6) is 5.75 Å². The average Bonchev–Trinajstić information content (AvgIpc) is 3.10. The van der Waals surface area contributed by atoms with Crippen LogP contribution < -0.4 is 14.8 Å². The Bertz CT molecular complexity index is 1170. The zero-order valence-corrected chi connectivity index (χ0v) is 16.6. The largest absolute Gasteiger partial charge is 0.497 e. The Morgan fingerprint density at radius 3 is 2.45 bits per heavy atom. The average molecular weight is 408 g/mol. The van der Waals surface area contributed by atoms with Crippen LogP contribution in [-0.4, -0.2) is 28.0 Å². The van der Waals surface area contributed by atoms with Crippen LogP contribution in [-0.2, 0) is 21.2 Å². The van der Waals surface area contributed by atoms with Gasteiger partial charge in [0.2, 0.25) is 15.9 Å². The van der Waals surface area contributed by atoms with E-state index in [2.05, 4.69) is 22.2 Å². The lowest BCUT2D eigenvalue weighted by molar-refractivity contribution is -0.115. The SMILES string of the molecule is COc1ccc(S(=O)(=O)NCC(=O)Nc2ccc3c(c2)Cc2ccccc2-3)cc1. The van der Waals surface area contributed by atoms with Crippen molar-refractivity contribution in [2.75, 3.05) is 19.0 Å². The molecule has 4 rings (SSSR count). The number of anilines is 1. The van der Waals surface area contributed by atoms with Crippen LogP contribution >= 0.6 is 0 Å². The summed E-state index contributed by atoms with van der Waals surface area (Å²) in [5.41, 5.74) is 5.43. The smallest absolute Gasteiger partial charge is 0.241 e. The summed E-state index contributed by atoms with van der Waals surface area (Å²) >= 11 is 0. The number of benzene rings is 3. The van der Waals surface area contributed by atoms with Gasteiger partial charge < -0.3 is 10.1 Å². The normalized spacial score (nSPS) is 12.2. The molecule has 148 valence electrons. The van der Waals surface area contributed by atoms with Gasteiger partial charge in [0.15, 0.2) is 0 Å². The van der Waals surface area contributed by atoms with Gasteiger partial charge in [0.1, 0.15) is 5.75 Å². The van der Waals surface area contributed by atoms with E-state index in [1.165, 1.54) is 35.9 Å². The van der Waals surface area contributed by atoms with E-state index in [9.17, 15) is 13.2 Å². The Kier molecular flexibility index (Phi) is 5.08. The molecule has 1 aliphatic rings. The van der Waals surface area contributed by atoms with Crippen molar-refractivity contribution in [3.63, 3.8) is 0 Å². The van der Waals surface area contributed by atoms with Crippen LogP contribution in [0, 0.1) is 0 Å². The number of ether oxygens (including phenoxy) is 1. The molecule has 0 heterocycles. The van der Waals surface area contributed by atoms with Gasteiger partial charge in [0, 0.05) is 5.69 Å². The number of sulfonamides is 1. The third kappa shape index (κ3) is 4.01. The maximum atomic E-state index is 12.3. The van der Waals surface area contributed by atoms with Crippen molar-refractivity contribution in [1.29, 1.82) is 0 Å². The molecular weight excluding hydrogens is 388 g/mol. The van der Waals surface area contributed by atoms with E-state index in [4.69, 9.17) is 4.74 Å². The van der Waals surface area contributed by atoms with Crippen molar-refractivity contribution >= 4 is 21.6 Å². The summed E-state index contributed by atoms with van der Waals surface area (Å²) in [4.78, 5) is 12.3. The first-order valence-corrected chi connectivity index (χ1v) is 10.6. The molecular formula is C22H20N2O4S. The standard InChI is InChI=1S/C22H20N2O4S/c1-28-18-7-9-19(10-8-18)29(26,27)23-14-22(25)24-17-6-11-21-16(13-17)12-15-4-2-3-5-20(15)21/h2-11,13,23H,12,14H2,1H3,(H,24,25). The lowest BCUT2D eigenvalue weighted by Gasteiger charge is -2.10. The van der Waals surface area contributed by atoms with Gasteiger partial charge in [-0.15, -0.1) is 0 Å². The number of methoxy groups -OCH3 is 1. The van der Waals surface area contributed by atoms with E-state index in [1.54, 1.807) is 12.1 Å². The predicted octanol–water partition coefficient (Wildman–Crippen LogP) is 3.18. The summed E-state index contributed by atoms with van der Waals surface area (Å²) < 4.78 is 32.0. The van der Waals surface area contributed by atoms with E-state index in [0.717, 1.165) is 12.0 Å².